The van der Waals surface area contributed by atoms with Crippen LogP contribution in [0.3, 0.4) is 0 Å². The Kier molecular flexibility index (Phi) is 11.4. The molecule has 1 aromatic heterocycles. The first-order valence-corrected chi connectivity index (χ1v) is 19.3. The Balaban J connectivity index is 1.21. The van der Waals surface area contributed by atoms with Gasteiger partial charge in [0.25, 0.3) is 11.9 Å². The van der Waals surface area contributed by atoms with E-state index in [-0.39, 0.29) is 51.1 Å². The number of hydrogen-bond acceptors (Lipinski definition) is 8. The van der Waals surface area contributed by atoms with Gasteiger partial charge in [0.05, 0.1) is 17.5 Å². The number of rotatable bonds is 10. The van der Waals surface area contributed by atoms with E-state index in [4.69, 9.17) is 27.9 Å². The number of carbonyl (C=O) groups excluding carboxylic acids is 1. The normalized spacial score (nSPS) is 23.0. The molecule has 2 N–H and O–H groups in total. The van der Waals surface area contributed by atoms with Crippen LogP contribution in [0, 0.1) is 35.9 Å². The zero-order valence-corrected chi connectivity index (χ0v) is 32.2. The van der Waals surface area contributed by atoms with E-state index in [0.717, 1.165) is 11.4 Å². The molecule has 1 saturated heterocycles. The summed E-state index contributed by atoms with van der Waals surface area (Å²) < 4.78 is 21.6. The second-order valence-corrected chi connectivity index (χ2v) is 16.3. The van der Waals surface area contributed by atoms with E-state index in [1.807, 2.05) is 11.0 Å². The molecule has 3 heterocycles. The molecule has 13 heteroatoms. The number of allylic oxidation sites excluding steroid dienone is 6. The number of carbonyl (C=O) groups is 1. The van der Waals surface area contributed by atoms with E-state index in [1.165, 1.54) is 17.3 Å². The third-order valence-corrected chi connectivity index (χ3v) is 12.9. The molecule has 0 saturated carbocycles. The van der Waals surface area contributed by atoms with Gasteiger partial charge in [0, 0.05) is 64.3 Å². The standard InChI is InChI=1S/C38H46Cl2FN7O2S/c1-22-7-10-28(11-8-22)48-34(38(4,5)26-9-12-30(39)33(20-26)50-6)17-23(2)24(3)36(48)51-21-29-31(40)18-25(19-32(29)41)35(49)42-27-13-15-47(16-14-27)37-43-45-46-44-37/h7-12,17-19,23-24,26-27,36H,13-16,20-21H2,1-6H3,(H,42,49)(H,43,44,45,46). The number of piperidine rings is 1. The van der Waals surface area contributed by atoms with Gasteiger partial charge in [-0.15, -0.1) is 16.9 Å². The van der Waals surface area contributed by atoms with E-state index >= 15 is 4.39 Å². The lowest BCUT2D eigenvalue weighted by Crippen LogP contribution is -2.48. The van der Waals surface area contributed by atoms with Crippen molar-refractivity contribution >= 4 is 52.5 Å². The molecule has 2 aromatic carbocycles. The molecular formula is C38H46Cl2FN7O2S. The zero-order chi connectivity index (χ0) is 36.4. The Morgan fingerprint density at radius 2 is 1.88 bits per heavy atom. The lowest BCUT2D eigenvalue weighted by molar-refractivity contribution is 0.0930. The average molecular weight is 755 g/mol. The van der Waals surface area contributed by atoms with Gasteiger partial charge in [-0.25, -0.2) is 4.39 Å². The van der Waals surface area contributed by atoms with E-state index < -0.39 is 5.82 Å². The van der Waals surface area contributed by atoms with Crippen LogP contribution in [0.25, 0.3) is 0 Å². The van der Waals surface area contributed by atoms with Crippen LogP contribution in [0.5, 0.6) is 0 Å². The third-order valence-electron chi connectivity index (χ3n) is 10.8. The maximum Gasteiger partial charge on any atom is 0.265 e. The lowest BCUT2D eigenvalue weighted by Gasteiger charge is -2.50. The second-order valence-electron chi connectivity index (χ2n) is 14.4. The van der Waals surface area contributed by atoms with Gasteiger partial charge in [-0.05, 0) is 73.1 Å². The fourth-order valence-corrected chi connectivity index (χ4v) is 9.35. The summed E-state index contributed by atoms with van der Waals surface area (Å²) in [5.41, 5.74) is 3.78. The molecule has 4 atom stereocenters. The quantitative estimate of drug-likeness (QED) is 0.212. The predicted octanol–water partition coefficient (Wildman–Crippen LogP) is 8.63. The number of aryl methyl sites for hydroxylation is 1. The largest absolute Gasteiger partial charge is 0.500 e. The molecule has 2 aliphatic heterocycles. The van der Waals surface area contributed by atoms with E-state index in [1.54, 1.807) is 24.9 Å². The highest BCUT2D eigenvalue weighted by molar-refractivity contribution is 7.99. The van der Waals surface area contributed by atoms with Gasteiger partial charge in [-0.3, -0.25) is 4.79 Å². The molecule has 6 rings (SSSR count). The van der Waals surface area contributed by atoms with Gasteiger partial charge in [-0.2, -0.15) is 5.21 Å². The number of aromatic amines is 1. The predicted molar refractivity (Wildman–Crippen MR) is 204 cm³/mol. The number of methoxy groups -OCH3 is 1. The topological polar surface area (TPSA) is 99.3 Å². The number of nitrogens with zero attached hydrogens (tertiary/aromatic N) is 5. The Morgan fingerprint density at radius 3 is 2.53 bits per heavy atom. The van der Waals surface area contributed by atoms with Crippen LogP contribution < -0.4 is 15.1 Å². The van der Waals surface area contributed by atoms with Gasteiger partial charge < -0.3 is 19.9 Å². The highest BCUT2D eigenvalue weighted by Gasteiger charge is 2.44. The number of hydrogen-bond donors (Lipinski definition) is 2. The summed E-state index contributed by atoms with van der Waals surface area (Å²) in [5, 5.41) is 18.1. The Hall–Kier alpha value is -3.54. The smallest absolute Gasteiger partial charge is 0.265 e. The number of anilines is 2. The highest BCUT2D eigenvalue weighted by atomic mass is 35.5. The van der Waals surface area contributed by atoms with Gasteiger partial charge >= 0.3 is 0 Å². The Bertz CT molecular complexity index is 1780. The van der Waals surface area contributed by atoms with E-state index in [9.17, 15) is 4.79 Å². The molecule has 272 valence electrons. The van der Waals surface area contributed by atoms with Crippen LogP contribution in [0.1, 0.15) is 68.4 Å². The minimum Gasteiger partial charge on any atom is -0.500 e. The van der Waals surface area contributed by atoms with Crippen molar-refractivity contribution in [2.24, 2.45) is 23.2 Å². The number of thioether (sulfide) groups is 1. The summed E-state index contributed by atoms with van der Waals surface area (Å²) in [6, 6.07) is 11.4. The van der Waals surface area contributed by atoms with Crippen LogP contribution in [0.15, 0.2) is 71.1 Å². The van der Waals surface area contributed by atoms with Gasteiger partial charge in [0.2, 0.25) is 0 Å². The maximum atomic E-state index is 15.9. The first kappa shape index (κ1) is 37.2. The van der Waals surface area contributed by atoms with Crippen LogP contribution in [-0.2, 0) is 10.5 Å². The van der Waals surface area contributed by atoms with Crippen molar-refractivity contribution in [3.63, 3.8) is 0 Å². The first-order chi connectivity index (χ1) is 24.4. The minimum atomic E-state index is -0.482. The van der Waals surface area contributed by atoms with Crippen LogP contribution in [0.4, 0.5) is 16.0 Å². The number of benzene rings is 2. The molecule has 1 aliphatic carbocycles. The number of amides is 1. The molecule has 3 aliphatic rings. The lowest BCUT2D eigenvalue weighted by atomic mass is 9.70. The number of H-pyrrole nitrogens is 1. The fraction of sp³-hybridized carbons (Fsp3) is 0.474. The Morgan fingerprint density at radius 1 is 1.16 bits per heavy atom. The third kappa shape index (κ3) is 7.95. The zero-order valence-electron chi connectivity index (χ0n) is 29.9. The molecule has 0 radical (unpaired) electrons. The van der Waals surface area contributed by atoms with E-state index in [2.05, 4.69) is 102 Å². The number of halogens is 3. The number of aromatic nitrogens is 4. The summed E-state index contributed by atoms with van der Waals surface area (Å²) in [6.45, 7) is 12.5. The fourth-order valence-electron chi connectivity index (χ4n) is 7.21. The number of nitrogens with one attached hydrogen (secondary N) is 2. The van der Waals surface area contributed by atoms with Crippen molar-refractivity contribution < 1.29 is 13.9 Å². The van der Waals surface area contributed by atoms with Crippen LogP contribution in [0.2, 0.25) is 5.02 Å². The van der Waals surface area contributed by atoms with Crippen LogP contribution >= 0.6 is 35.0 Å². The second kappa shape index (κ2) is 15.6. The number of ether oxygens (including phenoxy) is 1. The van der Waals surface area contributed by atoms with Crippen molar-refractivity contribution in [2.75, 3.05) is 30.0 Å². The van der Waals surface area contributed by atoms with Gasteiger partial charge in [-0.1, -0.05) is 85.8 Å². The molecular weight excluding hydrogens is 708 g/mol. The number of tetrazole rings is 1. The van der Waals surface area contributed by atoms with Gasteiger partial charge in [0.15, 0.2) is 0 Å². The molecule has 51 heavy (non-hydrogen) atoms. The Labute approximate surface area is 314 Å². The summed E-state index contributed by atoms with van der Waals surface area (Å²) in [6.07, 6.45) is 8.66. The summed E-state index contributed by atoms with van der Waals surface area (Å²) in [5.74, 6) is 1.49. The maximum absolute atomic E-state index is 15.9. The van der Waals surface area contributed by atoms with Crippen molar-refractivity contribution in [1.29, 1.82) is 0 Å². The molecule has 0 bridgehead atoms. The summed E-state index contributed by atoms with van der Waals surface area (Å²) in [7, 11) is 1.67. The molecule has 3 aromatic rings. The van der Waals surface area contributed by atoms with Crippen LogP contribution in [-0.4, -0.2) is 58.1 Å². The monoisotopic (exact) mass is 753 g/mol. The van der Waals surface area contributed by atoms with Gasteiger partial charge in [0.1, 0.15) is 11.6 Å². The summed E-state index contributed by atoms with van der Waals surface area (Å²) >= 11 is 14.9. The van der Waals surface area contributed by atoms with Crippen molar-refractivity contribution in [3.8, 4) is 0 Å². The van der Waals surface area contributed by atoms with E-state index in [0.29, 0.717) is 54.6 Å². The minimum absolute atomic E-state index is 0.0210. The molecule has 1 fully saturated rings. The molecule has 9 nitrogen and oxygen atoms in total. The SMILES string of the molecule is COC1=C(Cl)C=CC(C(C)(C)C2=CC(C)C(C)C(SCc3c(F)cc(C(=O)NC4CCN(c5nn[nH]n5)CC4)cc3Cl)N2c2ccc(C)cc2)C1. The molecule has 4 unspecified atom stereocenters. The van der Waals surface area contributed by atoms with Crippen molar-refractivity contribution in [3.05, 3.63) is 98.6 Å². The van der Waals surface area contributed by atoms with Crippen molar-refractivity contribution in [2.45, 2.75) is 71.0 Å². The first-order valence-electron chi connectivity index (χ1n) is 17.4. The molecule has 0 spiro atoms. The highest BCUT2D eigenvalue weighted by Crippen LogP contribution is 2.51. The summed E-state index contributed by atoms with van der Waals surface area (Å²) in [4.78, 5) is 17.7. The molecule has 1 amide bonds. The average Bonchev–Trinajstić information content (AvgIpc) is 3.65. The van der Waals surface area contributed by atoms with Crippen molar-refractivity contribution in [1.82, 2.24) is 25.9 Å².